The fourth-order valence-corrected chi connectivity index (χ4v) is 1.29. The third-order valence-electron chi connectivity index (χ3n) is 1.95. The second-order valence-corrected chi connectivity index (χ2v) is 3.08. The Labute approximate surface area is 80.8 Å². The number of hydrogen-bond acceptors (Lipinski definition) is 3. The first-order valence-corrected chi connectivity index (χ1v) is 4.61. The van der Waals surface area contributed by atoms with Crippen molar-refractivity contribution in [1.29, 1.82) is 0 Å². The SMILES string of the molecule is CCCNc1cn2ccnc2c(=O)[nH]1. The average Bonchev–Trinajstić information content (AvgIpc) is 2.63. The summed E-state index contributed by atoms with van der Waals surface area (Å²) in [5.41, 5.74) is 0.253. The second-order valence-electron chi connectivity index (χ2n) is 3.08. The van der Waals surface area contributed by atoms with Crippen molar-refractivity contribution in [3.63, 3.8) is 0 Å². The molecule has 0 unspecified atom stereocenters. The van der Waals surface area contributed by atoms with Crippen LogP contribution in [0.3, 0.4) is 0 Å². The molecular formula is C9H12N4O. The Hall–Kier alpha value is -1.78. The zero-order valence-corrected chi connectivity index (χ0v) is 7.95. The number of anilines is 1. The van der Waals surface area contributed by atoms with Gasteiger partial charge in [0.25, 0.3) is 5.56 Å². The van der Waals surface area contributed by atoms with Gasteiger partial charge in [0.15, 0.2) is 0 Å². The smallest absolute Gasteiger partial charge is 0.293 e. The van der Waals surface area contributed by atoms with Crippen molar-refractivity contribution in [3.8, 4) is 0 Å². The van der Waals surface area contributed by atoms with Gasteiger partial charge in [-0.2, -0.15) is 0 Å². The third kappa shape index (κ3) is 1.48. The lowest BCUT2D eigenvalue weighted by atomic mass is 10.5. The average molecular weight is 192 g/mol. The van der Waals surface area contributed by atoms with Crippen LogP contribution in [0.2, 0.25) is 0 Å². The predicted octanol–water partition coefficient (Wildman–Crippen LogP) is 0.844. The van der Waals surface area contributed by atoms with Crippen LogP contribution in [0.15, 0.2) is 23.4 Å². The molecule has 0 aliphatic heterocycles. The van der Waals surface area contributed by atoms with E-state index in [1.165, 1.54) is 0 Å². The van der Waals surface area contributed by atoms with E-state index < -0.39 is 0 Å². The van der Waals surface area contributed by atoms with Gasteiger partial charge >= 0.3 is 0 Å². The Morgan fingerprint density at radius 3 is 3.29 bits per heavy atom. The standard InChI is InChI=1S/C9H12N4O/c1-2-3-10-7-6-13-5-4-11-8(13)9(14)12-7/h4-6,10H,2-3H2,1H3,(H,12,14). The van der Waals surface area contributed by atoms with E-state index in [1.807, 2.05) is 6.20 Å². The Morgan fingerprint density at radius 2 is 2.50 bits per heavy atom. The molecule has 2 aromatic rings. The fraction of sp³-hybridized carbons (Fsp3) is 0.333. The van der Waals surface area contributed by atoms with Gasteiger partial charge in [-0.05, 0) is 6.42 Å². The van der Waals surface area contributed by atoms with Gasteiger partial charge in [0.1, 0.15) is 5.82 Å². The number of H-pyrrole nitrogens is 1. The second kappa shape index (κ2) is 3.53. The summed E-state index contributed by atoms with van der Waals surface area (Å²) in [4.78, 5) is 18.1. The molecule has 0 amide bonds. The minimum absolute atomic E-state index is 0.170. The minimum atomic E-state index is -0.170. The number of aromatic nitrogens is 3. The van der Waals surface area contributed by atoms with E-state index in [0.29, 0.717) is 5.65 Å². The highest BCUT2D eigenvalue weighted by Crippen LogP contribution is 2.01. The molecule has 0 aromatic carbocycles. The van der Waals surface area contributed by atoms with Gasteiger partial charge in [0.2, 0.25) is 5.65 Å². The van der Waals surface area contributed by atoms with E-state index in [9.17, 15) is 4.79 Å². The van der Waals surface area contributed by atoms with Crippen LogP contribution < -0.4 is 10.9 Å². The van der Waals surface area contributed by atoms with Crippen LogP contribution in [-0.2, 0) is 0 Å². The maximum atomic E-state index is 11.4. The van der Waals surface area contributed by atoms with Gasteiger partial charge in [0.05, 0.1) is 6.20 Å². The lowest BCUT2D eigenvalue weighted by Crippen LogP contribution is -2.14. The first kappa shape index (κ1) is 8.80. The molecule has 0 saturated heterocycles. The molecule has 0 fully saturated rings. The molecule has 0 atom stereocenters. The molecule has 14 heavy (non-hydrogen) atoms. The predicted molar refractivity (Wildman–Crippen MR) is 54.6 cm³/mol. The highest BCUT2D eigenvalue weighted by Gasteiger charge is 2.00. The van der Waals surface area contributed by atoms with E-state index in [-0.39, 0.29) is 5.56 Å². The minimum Gasteiger partial charge on any atom is -0.370 e. The molecule has 2 heterocycles. The van der Waals surface area contributed by atoms with Gasteiger partial charge in [-0.25, -0.2) is 4.98 Å². The molecule has 0 aliphatic rings. The fourth-order valence-electron chi connectivity index (χ4n) is 1.29. The molecule has 0 aliphatic carbocycles. The van der Waals surface area contributed by atoms with Crippen molar-refractivity contribution < 1.29 is 0 Å². The molecule has 2 rings (SSSR count). The highest BCUT2D eigenvalue weighted by molar-refractivity contribution is 5.42. The summed E-state index contributed by atoms with van der Waals surface area (Å²) in [6.07, 6.45) is 6.19. The van der Waals surface area contributed by atoms with Gasteiger partial charge in [-0.15, -0.1) is 0 Å². The van der Waals surface area contributed by atoms with Gasteiger partial charge in [-0.1, -0.05) is 6.92 Å². The Kier molecular flexibility index (Phi) is 2.22. The lowest BCUT2D eigenvalue weighted by Gasteiger charge is -2.04. The summed E-state index contributed by atoms with van der Waals surface area (Å²) < 4.78 is 1.71. The normalized spacial score (nSPS) is 10.6. The molecule has 2 aromatic heterocycles. The van der Waals surface area contributed by atoms with Crippen molar-refractivity contribution in [1.82, 2.24) is 14.4 Å². The molecule has 2 N–H and O–H groups in total. The number of nitrogens with one attached hydrogen (secondary N) is 2. The molecule has 0 bridgehead atoms. The molecule has 0 spiro atoms. The maximum Gasteiger partial charge on any atom is 0.293 e. The van der Waals surface area contributed by atoms with Crippen molar-refractivity contribution in [2.24, 2.45) is 0 Å². The number of nitrogens with zero attached hydrogens (tertiary/aromatic N) is 2. The Bertz CT molecular complexity index is 485. The highest BCUT2D eigenvalue weighted by atomic mass is 16.1. The summed E-state index contributed by atoms with van der Waals surface area (Å²) >= 11 is 0. The van der Waals surface area contributed by atoms with E-state index in [1.54, 1.807) is 16.8 Å². The first-order chi connectivity index (χ1) is 6.81. The number of rotatable bonds is 3. The van der Waals surface area contributed by atoms with Gasteiger partial charge < -0.3 is 10.3 Å². The maximum absolute atomic E-state index is 11.4. The topological polar surface area (TPSA) is 62.2 Å². The van der Waals surface area contributed by atoms with Crippen molar-refractivity contribution in [2.75, 3.05) is 11.9 Å². The van der Waals surface area contributed by atoms with Crippen LogP contribution in [0.1, 0.15) is 13.3 Å². The largest absolute Gasteiger partial charge is 0.370 e. The Balaban J connectivity index is 2.43. The zero-order chi connectivity index (χ0) is 9.97. The van der Waals surface area contributed by atoms with Crippen molar-refractivity contribution >= 4 is 11.5 Å². The van der Waals surface area contributed by atoms with Crippen LogP contribution in [0, 0.1) is 0 Å². The van der Waals surface area contributed by atoms with Crippen LogP contribution in [-0.4, -0.2) is 20.9 Å². The van der Waals surface area contributed by atoms with Crippen molar-refractivity contribution in [3.05, 3.63) is 28.9 Å². The summed E-state index contributed by atoms with van der Waals surface area (Å²) in [6.45, 7) is 2.91. The summed E-state index contributed by atoms with van der Waals surface area (Å²) in [5.74, 6) is 0.724. The molecule has 0 radical (unpaired) electrons. The number of hydrogen-bond donors (Lipinski definition) is 2. The van der Waals surface area contributed by atoms with Gasteiger partial charge in [0, 0.05) is 18.9 Å². The number of imidazole rings is 1. The lowest BCUT2D eigenvalue weighted by molar-refractivity contribution is 0.956. The zero-order valence-electron chi connectivity index (χ0n) is 7.95. The summed E-state index contributed by atoms with van der Waals surface area (Å²) in [6, 6.07) is 0. The van der Waals surface area contributed by atoms with E-state index in [2.05, 4.69) is 22.2 Å². The number of aromatic amines is 1. The van der Waals surface area contributed by atoms with Crippen LogP contribution in [0.4, 0.5) is 5.82 Å². The Morgan fingerprint density at radius 1 is 1.64 bits per heavy atom. The third-order valence-corrected chi connectivity index (χ3v) is 1.95. The van der Waals surface area contributed by atoms with Crippen LogP contribution in [0.5, 0.6) is 0 Å². The molecule has 5 heteroatoms. The van der Waals surface area contributed by atoms with E-state index in [0.717, 1.165) is 18.8 Å². The monoisotopic (exact) mass is 192 g/mol. The van der Waals surface area contributed by atoms with E-state index >= 15 is 0 Å². The molecule has 5 nitrogen and oxygen atoms in total. The number of fused-ring (bicyclic) bond motifs is 1. The van der Waals surface area contributed by atoms with Crippen LogP contribution >= 0.6 is 0 Å². The quantitative estimate of drug-likeness (QED) is 0.757. The molecule has 74 valence electrons. The molecular weight excluding hydrogens is 180 g/mol. The van der Waals surface area contributed by atoms with Crippen LogP contribution in [0.25, 0.3) is 5.65 Å². The van der Waals surface area contributed by atoms with Crippen molar-refractivity contribution in [2.45, 2.75) is 13.3 Å². The first-order valence-electron chi connectivity index (χ1n) is 4.61. The summed E-state index contributed by atoms with van der Waals surface area (Å²) in [5, 5.41) is 3.11. The summed E-state index contributed by atoms with van der Waals surface area (Å²) in [7, 11) is 0. The van der Waals surface area contributed by atoms with E-state index in [4.69, 9.17) is 0 Å². The van der Waals surface area contributed by atoms with Gasteiger partial charge in [-0.3, -0.25) is 9.20 Å². The molecule has 0 saturated carbocycles.